The van der Waals surface area contributed by atoms with Crippen LogP contribution in [0.25, 0.3) is 0 Å². The largest absolute Gasteiger partial charge is 2.00 e. The minimum Gasteiger partial charge on any atom is -0.343 e. The first-order chi connectivity index (χ1) is 5.55. The third kappa shape index (κ3) is 3.74. The summed E-state index contributed by atoms with van der Waals surface area (Å²) in [5.74, 6) is 1.64. The van der Waals surface area contributed by atoms with Gasteiger partial charge < -0.3 is 13.3 Å². The van der Waals surface area contributed by atoms with Crippen LogP contribution in [0.3, 0.4) is 0 Å². The molecule has 0 aromatic rings. The molecule has 1 rings (SSSR count). The van der Waals surface area contributed by atoms with Crippen LogP contribution in [0, 0.1) is 30.6 Å². The fourth-order valence-electron chi connectivity index (χ4n) is 2.43. The van der Waals surface area contributed by atoms with Gasteiger partial charge in [0.05, 0.1) is 0 Å². The van der Waals surface area contributed by atoms with Crippen molar-refractivity contribution in [1.29, 1.82) is 0 Å². The molecule has 0 bridgehead atoms. The molecule has 0 amide bonds. The number of hydrogen-bond acceptors (Lipinski definition) is 0. The Morgan fingerprint density at radius 1 is 1.38 bits per heavy atom. The van der Waals surface area contributed by atoms with Crippen molar-refractivity contribution >= 4 is 0 Å². The summed E-state index contributed by atoms with van der Waals surface area (Å²) in [6.07, 6.45) is 7.73. The third-order valence-corrected chi connectivity index (χ3v) is 3.08. The molecule has 0 saturated heterocycles. The molecular formula is C12H22W. The van der Waals surface area contributed by atoms with Gasteiger partial charge >= 0.3 is 21.1 Å². The van der Waals surface area contributed by atoms with Gasteiger partial charge in [0.1, 0.15) is 0 Å². The summed E-state index contributed by atoms with van der Waals surface area (Å²) < 4.78 is 0. The topological polar surface area (TPSA) is 0 Å². The summed E-state index contributed by atoms with van der Waals surface area (Å²) >= 11 is 0. The Balaban J connectivity index is 0.00000144. The van der Waals surface area contributed by atoms with Crippen molar-refractivity contribution in [3.63, 3.8) is 0 Å². The maximum atomic E-state index is 4.05. The average Bonchev–Trinajstić information content (AvgIpc) is 2.03. The first kappa shape index (κ1) is 13.7. The second kappa shape index (κ2) is 5.54. The molecule has 13 heavy (non-hydrogen) atoms. The molecule has 2 unspecified atom stereocenters. The van der Waals surface area contributed by atoms with Gasteiger partial charge in [-0.25, -0.2) is 0 Å². The van der Waals surface area contributed by atoms with Crippen LogP contribution in [0.1, 0.15) is 46.5 Å². The monoisotopic (exact) mass is 350 g/mol. The van der Waals surface area contributed by atoms with Crippen LogP contribution >= 0.6 is 0 Å². The van der Waals surface area contributed by atoms with Crippen molar-refractivity contribution in [2.75, 3.05) is 0 Å². The molecule has 1 heteroatoms. The van der Waals surface area contributed by atoms with E-state index in [2.05, 4.69) is 34.1 Å². The van der Waals surface area contributed by atoms with Gasteiger partial charge in [0, 0.05) is 0 Å². The van der Waals surface area contributed by atoms with Gasteiger partial charge in [-0.05, 0) is 0 Å². The molecule has 0 nitrogen and oxygen atoms in total. The van der Waals surface area contributed by atoms with Crippen molar-refractivity contribution in [2.45, 2.75) is 46.5 Å². The van der Waals surface area contributed by atoms with Crippen molar-refractivity contribution in [2.24, 2.45) is 17.3 Å². The first-order valence-corrected chi connectivity index (χ1v) is 5.18. The van der Waals surface area contributed by atoms with Crippen LogP contribution in [0.15, 0.2) is 0 Å². The van der Waals surface area contributed by atoms with E-state index in [-0.39, 0.29) is 21.1 Å². The summed E-state index contributed by atoms with van der Waals surface area (Å²) in [4.78, 5) is 0. The van der Waals surface area contributed by atoms with E-state index in [4.69, 9.17) is 0 Å². The quantitative estimate of drug-likeness (QED) is 0.630. The van der Waals surface area contributed by atoms with Crippen molar-refractivity contribution in [1.82, 2.24) is 0 Å². The molecule has 0 aromatic heterocycles. The molecule has 0 N–H and O–H groups in total. The standard InChI is InChI=1S/C12H22.W/c1-5-10-8-6-7-9-11(10)12(2,3)4;/h9-11H,1,5-8H2,2-4H3;/q-2;+2. The molecule has 0 aromatic carbocycles. The number of rotatable bonds is 1. The predicted octanol–water partition coefficient (Wildman–Crippen LogP) is 3.87. The second-order valence-electron chi connectivity index (χ2n) is 5.11. The molecule has 1 aliphatic rings. The Hall–Kier alpha value is 0.688. The SMILES string of the molecule is [CH2-]CC1CCC[CH-]C1C(C)(C)C.[W+2]. The zero-order valence-electron chi connectivity index (χ0n) is 9.18. The first-order valence-electron chi connectivity index (χ1n) is 5.18. The Morgan fingerprint density at radius 3 is 2.38 bits per heavy atom. The molecule has 0 spiro atoms. The van der Waals surface area contributed by atoms with Crippen LogP contribution in [0.4, 0.5) is 0 Å². The maximum Gasteiger partial charge on any atom is 2.00 e. The van der Waals surface area contributed by atoms with Gasteiger partial charge in [-0.1, -0.05) is 44.9 Å². The molecule has 0 heterocycles. The summed E-state index contributed by atoms with van der Waals surface area (Å²) in [6, 6.07) is 0. The number of hydrogen-bond donors (Lipinski definition) is 0. The minimum atomic E-state index is 0. The average molecular weight is 350 g/mol. The van der Waals surface area contributed by atoms with E-state index >= 15 is 0 Å². The van der Waals surface area contributed by atoms with Crippen molar-refractivity contribution < 1.29 is 21.1 Å². The zero-order chi connectivity index (χ0) is 9.19. The summed E-state index contributed by atoms with van der Waals surface area (Å²) in [5, 5.41) is 0. The molecule has 0 aliphatic heterocycles. The fourth-order valence-corrected chi connectivity index (χ4v) is 2.43. The van der Waals surface area contributed by atoms with E-state index in [9.17, 15) is 0 Å². The van der Waals surface area contributed by atoms with Crippen LogP contribution in [-0.2, 0) is 21.1 Å². The summed E-state index contributed by atoms with van der Waals surface area (Å²) in [5.41, 5.74) is 0.447. The third-order valence-electron chi connectivity index (χ3n) is 3.08. The van der Waals surface area contributed by atoms with Gasteiger partial charge in [0.2, 0.25) is 0 Å². The van der Waals surface area contributed by atoms with Gasteiger partial charge in [-0.15, -0.1) is 0 Å². The molecule has 2 atom stereocenters. The van der Waals surface area contributed by atoms with Crippen LogP contribution < -0.4 is 0 Å². The van der Waals surface area contributed by atoms with E-state index in [0.717, 1.165) is 18.3 Å². The van der Waals surface area contributed by atoms with Crippen LogP contribution in [0.5, 0.6) is 0 Å². The molecule has 1 saturated carbocycles. The summed E-state index contributed by atoms with van der Waals surface area (Å²) in [7, 11) is 0. The zero-order valence-corrected chi connectivity index (χ0v) is 12.1. The van der Waals surface area contributed by atoms with Crippen LogP contribution in [0.2, 0.25) is 0 Å². The fraction of sp³-hybridized carbons (Fsp3) is 0.833. The molecule has 0 radical (unpaired) electrons. The van der Waals surface area contributed by atoms with E-state index < -0.39 is 0 Å². The molecule has 1 aliphatic carbocycles. The van der Waals surface area contributed by atoms with Crippen LogP contribution in [-0.4, -0.2) is 0 Å². The van der Waals surface area contributed by atoms with Gasteiger partial charge in [-0.2, -0.15) is 18.8 Å². The van der Waals surface area contributed by atoms with Crippen molar-refractivity contribution in [3.05, 3.63) is 13.3 Å². The normalized spacial score (nSPS) is 29.5. The van der Waals surface area contributed by atoms with Gasteiger partial charge in [0.15, 0.2) is 0 Å². The Kier molecular flexibility index (Phi) is 5.83. The van der Waals surface area contributed by atoms with Gasteiger partial charge in [-0.3, -0.25) is 0 Å². The van der Waals surface area contributed by atoms with E-state index in [1.807, 2.05) is 0 Å². The Bertz CT molecular complexity index is 135. The second-order valence-corrected chi connectivity index (χ2v) is 5.11. The minimum absolute atomic E-state index is 0. The van der Waals surface area contributed by atoms with E-state index in [1.54, 1.807) is 0 Å². The maximum absolute atomic E-state index is 4.05. The van der Waals surface area contributed by atoms with Crippen molar-refractivity contribution in [3.8, 4) is 0 Å². The van der Waals surface area contributed by atoms with E-state index in [0.29, 0.717) is 5.41 Å². The Morgan fingerprint density at radius 2 is 2.00 bits per heavy atom. The smallest absolute Gasteiger partial charge is 0.343 e. The molecular weight excluding hydrogens is 328 g/mol. The Labute approximate surface area is 98.1 Å². The van der Waals surface area contributed by atoms with Gasteiger partial charge in [0.25, 0.3) is 0 Å². The predicted molar refractivity (Wildman–Crippen MR) is 54.6 cm³/mol. The molecule has 1 fully saturated rings. The van der Waals surface area contributed by atoms with E-state index in [1.165, 1.54) is 19.3 Å². The summed E-state index contributed by atoms with van der Waals surface area (Å²) in [6.45, 7) is 11.1. The molecule has 76 valence electrons.